The third-order valence-corrected chi connectivity index (χ3v) is 9.67. The number of carbonyl (C=O) groups is 5. The molecule has 1 heterocycles. The van der Waals surface area contributed by atoms with Gasteiger partial charge in [0.1, 0.15) is 36.8 Å². The summed E-state index contributed by atoms with van der Waals surface area (Å²) < 4.78 is 12.0. The van der Waals surface area contributed by atoms with E-state index in [1.807, 2.05) is 0 Å². The van der Waals surface area contributed by atoms with Crippen LogP contribution in [0.25, 0.3) is 11.1 Å². The van der Waals surface area contributed by atoms with E-state index in [0.29, 0.717) is 40.2 Å². The number of hydrogen-bond donors (Lipinski definition) is 7. The maximum absolute atomic E-state index is 14.2. The lowest BCUT2D eigenvalue weighted by Gasteiger charge is -2.32. The Hall–Kier alpha value is -4.73. The molecule has 0 aliphatic carbocycles. The lowest BCUT2D eigenvalue weighted by atomic mass is 9.94. The van der Waals surface area contributed by atoms with Crippen LogP contribution in [0.3, 0.4) is 0 Å². The van der Waals surface area contributed by atoms with Crippen molar-refractivity contribution in [2.24, 2.45) is 11.5 Å². The van der Waals surface area contributed by atoms with Crippen molar-refractivity contribution in [3.8, 4) is 22.6 Å². The SMILES string of the molecule is CCCCCCCCCCCCCC(=O)NCC(=O)N(NC)C1C(=O)N[C@@H](C)C(=O)NC(C(=O)O)Cc2ccc(OCCN)c(c2)-c2cc1ccc2OCCN. The van der Waals surface area contributed by atoms with Crippen LogP contribution in [-0.2, 0) is 30.4 Å². The highest BCUT2D eigenvalue weighted by atomic mass is 16.5. The maximum atomic E-state index is 14.2. The number of nitrogens with zero attached hydrogens (tertiary/aromatic N) is 1. The van der Waals surface area contributed by atoms with E-state index < -0.39 is 41.8 Å². The zero-order chi connectivity index (χ0) is 40.9. The molecule has 4 amide bonds. The summed E-state index contributed by atoms with van der Waals surface area (Å²) in [6, 6.07) is 6.21. The van der Waals surface area contributed by atoms with E-state index in [9.17, 15) is 29.1 Å². The number of aliphatic carboxylic acids is 1. The zero-order valence-corrected chi connectivity index (χ0v) is 33.3. The molecule has 3 atom stereocenters. The Morgan fingerprint density at radius 3 is 1.96 bits per heavy atom. The second-order valence-corrected chi connectivity index (χ2v) is 14.1. The Morgan fingerprint density at radius 2 is 1.39 bits per heavy atom. The first-order chi connectivity index (χ1) is 27.0. The zero-order valence-electron chi connectivity index (χ0n) is 33.3. The number of unbranched alkanes of at least 4 members (excludes halogenated alkanes) is 10. The van der Waals surface area contributed by atoms with Gasteiger partial charge in [0.2, 0.25) is 17.7 Å². The molecule has 0 spiro atoms. The summed E-state index contributed by atoms with van der Waals surface area (Å²) in [4.78, 5) is 66.3. The number of hydrazine groups is 1. The van der Waals surface area contributed by atoms with Gasteiger partial charge in [-0.3, -0.25) is 24.2 Å². The van der Waals surface area contributed by atoms with Crippen molar-refractivity contribution in [1.29, 1.82) is 0 Å². The fourth-order valence-electron chi connectivity index (χ4n) is 6.64. The van der Waals surface area contributed by atoms with Crippen molar-refractivity contribution < 1.29 is 38.6 Å². The van der Waals surface area contributed by atoms with Gasteiger partial charge in [0, 0.05) is 44.1 Å². The van der Waals surface area contributed by atoms with Crippen molar-refractivity contribution >= 4 is 29.6 Å². The molecule has 0 fully saturated rings. The van der Waals surface area contributed by atoms with Crippen LogP contribution >= 0.6 is 0 Å². The number of fused-ring (bicyclic) bond motifs is 5. The minimum absolute atomic E-state index is 0.0692. The second-order valence-electron chi connectivity index (χ2n) is 14.1. The Kier molecular flexibility index (Phi) is 20.1. The van der Waals surface area contributed by atoms with Gasteiger partial charge in [-0.2, -0.15) is 0 Å². The van der Waals surface area contributed by atoms with Crippen LogP contribution in [0.4, 0.5) is 0 Å². The van der Waals surface area contributed by atoms with Crippen molar-refractivity contribution in [2.75, 3.05) is 39.9 Å². The molecular formula is C41H63N7O8. The van der Waals surface area contributed by atoms with E-state index >= 15 is 0 Å². The highest BCUT2D eigenvalue weighted by Gasteiger charge is 2.35. The number of carbonyl (C=O) groups excluding carboxylic acids is 4. The molecule has 56 heavy (non-hydrogen) atoms. The summed E-state index contributed by atoms with van der Waals surface area (Å²) in [7, 11) is 1.47. The van der Waals surface area contributed by atoms with Crippen LogP contribution in [0, 0.1) is 0 Å². The number of ether oxygens (including phenoxy) is 2. The monoisotopic (exact) mass is 781 g/mol. The van der Waals surface area contributed by atoms with E-state index in [2.05, 4.69) is 28.3 Å². The number of nitrogens with two attached hydrogens (primary N) is 2. The third kappa shape index (κ3) is 14.4. The molecule has 15 nitrogen and oxygen atoms in total. The molecule has 9 N–H and O–H groups in total. The van der Waals surface area contributed by atoms with Crippen molar-refractivity contribution in [3.63, 3.8) is 0 Å². The van der Waals surface area contributed by atoms with E-state index in [1.165, 1.54) is 58.9 Å². The number of carboxylic acid groups (broad SMARTS) is 1. The van der Waals surface area contributed by atoms with Gasteiger partial charge < -0.3 is 42.0 Å². The predicted octanol–water partition coefficient (Wildman–Crippen LogP) is 3.48. The Balaban J connectivity index is 1.89. The highest BCUT2D eigenvalue weighted by molar-refractivity contribution is 5.95. The summed E-state index contributed by atoms with van der Waals surface area (Å²) in [5.41, 5.74) is 16.2. The first-order valence-corrected chi connectivity index (χ1v) is 20.1. The average Bonchev–Trinajstić information content (AvgIpc) is 3.18. The standard InChI is InChI=1S/C41H63N7O8/c1-4-5-6-7-8-9-10-11-12-13-14-15-36(49)45-27-37(50)48(44-3)38-30-17-19-35(56-23-21-43)32(26-30)31-24-29(16-18-34(31)55-22-20-42)25-33(41(53)54)47-39(51)28(2)46-40(38)52/h16-19,24,26,28,33,38,44H,4-15,20-23,25,27,42-43H2,1-3H3,(H,45,49)(H,46,52)(H,47,51)(H,53,54)/t28-,33?,38?/m0/s1. The van der Waals surface area contributed by atoms with Crippen LogP contribution < -0.4 is 42.3 Å². The molecule has 310 valence electrons. The number of benzene rings is 2. The molecule has 15 heteroatoms. The second kappa shape index (κ2) is 24.7. The predicted molar refractivity (Wildman–Crippen MR) is 215 cm³/mol. The summed E-state index contributed by atoms with van der Waals surface area (Å²) in [5.74, 6) is -2.80. The molecule has 0 saturated carbocycles. The van der Waals surface area contributed by atoms with Crippen LogP contribution in [0.1, 0.15) is 108 Å². The smallest absolute Gasteiger partial charge is 0.326 e. The minimum atomic E-state index is -1.36. The summed E-state index contributed by atoms with van der Waals surface area (Å²) >= 11 is 0. The van der Waals surface area contributed by atoms with Gasteiger partial charge >= 0.3 is 5.97 Å². The lowest BCUT2D eigenvalue weighted by molar-refractivity contribution is -0.145. The van der Waals surface area contributed by atoms with Gasteiger partial charge in [-0.1, -0.05) is 83.3 Å². The van der Waals surface area contributed by atoms with Crippen molar-refractivity contribution in [3.05, 3.63) is 47.5 Å². The van der Waals surface area contributed by atoms with E-state index in [-0.39, 0.29) is 51.6 Å². The maximum Gasteiger partial charge on any atom is 0.326 e. The lowest BCUT2D eigenvalue weighted by Crippen LogP contribution is -2.56. The molecule has 0 radical (unpaired) electrons. The van der Waals surface area contributed by atoms with Gasteiger partial charge in [0.15, 0.2) is 6.04 Å². The van der Waals surface area contributed by atoms with Gasteiger partial charge in [-0.15, -0.1) is 0 Å². The quantitative estimate of drug-likeness (QED) is 0.0638. The first kappa shape index (κ1) is 45.7. The molecule has 4 bridgehead atoms. The molecule has 0 saturated heterocycles. The van der Waals surface area contributed by atoms with Crippen LogP contribution in [0.5, 0.6) is 11.5 Å². The molecule has 2 aromatic carbocycles. The number of nitrogens with one attached hydrogen (secondary N) is 4. The summed E-state index contributed by atoms with van der Waals surface area (Å²) in [6.45, 7) is 4.03. The van der Waals surface area contributed by atoms with Gasteiger partial charge in [-0.25, -0.2) is 10.2 Å². The third-order valence-electron chi connectivity index (χ3n) is 9.67. The molecule has 2 unspecified atom stereocenters. The van der Waals surface area contributed by atoms with Crippen LogP contribution in [0.2, 0.25) is 0 Å². The van der Waals surface area contributed by atoms with E-state index in [0.717, 1.165) is 24.3 Å². The normalized spacial score (nSPS) is 16.9. The first-order valence-electron chi connectivity index (χ1n) is 20.1. The Bertz CT molecular complexity index is 1590. The number of carboxylic acids is 1. The topological polar surface area (TPSA) is 227 Å². The molecule has 1 aliphatic rings. The molecule has 0 aromatic heterocycles. The van der Waals surface area contributed by atoms with Gasteiger partial charge in [-0.05, 0) is 48.7 Å². The van der Waals surface area contributed by atoms with E-state index in [1.54, 1.807) is 36.4 Å². The Morgan fingerprint density at radius 1 is 0.821 bits per heavy atom. The molecule has 1 aliphatic heterocycles. The minimum Gasteiger partial charge on any atom is -0.492 e. The molecule has 3 rings (SSSR count). The largest absolute Gasteiger partial charge is 0.492 e. The van der Waals surface area contributed by atoms with Crippen LogP contribution in [0.15, 0.2) is 36.4 Å². The van der Waals surface area contributed by atoms with E-state index in [4.69, 9.17) is 20.9 Å². The highest BCUT2D eigenvalue weighted by Crippen LogP contribution is 2.40. The van der Waals surface area contributed by atoms with Gasteiger partial charge in [0.25, 0.3) is 5.91 Å². The van der Waals surface area contributed by atoms with Gasteiger partial charge in [0.05, 0.1) is 6.54 Å². The molecule has 2 aromatic rings. The molecular weight excluding hydrogens is 718 g/mol. The summed E-state index contributed by atoms with van der Waals surface area (Å²) in [6.07, 6.45) is 12.9. The van der Waals surface area contributed by atoms with Crippen molar-refractivity contribution in [2.45, 2.75) is 115 Å². The fraction of sp³-hybridized carbons (Fsp3) is 0.585. The average molecular weight is 782 g/mol. The van der Waals surface area contributed by atoms with Crippen molar-refractivity contribution in [1.82, 2.24) is 26.4 Å². The number of hydrogen-bond acceptors (Lipinski definition) is 10. The Labute approximate surface area is 331 Å². The van der Waals surface area contributed by atoms with Crippen LogP contribution in [-0.4, -0.2) is 91.7 Å². The summed E-state index contributed by atoms with van der Waals surface area (Å²) in [5, 5.41) is 19.0. The number of amides is 4. The fourth-order valence-corrected chi connectivity index (χ4v) is 6.64. The number of rotatable bonds is 23.